The van der Waals surface area contributed by atoms with Gasteiger partial charge in [0.15, 0.2) is 0 Å². The summed E-state index contributed by atoms with van der Waals surface area (Å²) in [5, 5.41) is 0.876. The van der Waals surface area contributed by atoms with Crippen molar-refractivity contribution in [3.05, 3.63) is 41.2 Å². The first-order valence-corrected chi connectivity index (χ1v) is 5.41. The Hall–Kier alpha value is -0.930. The smallest absolute Gasteiger partial charge is 0.123 e. The highest BCUT2D eigenvalue weighted by Gasteiger charge is 2.03. The third-order valence-electron chi connectivity index (χ3n) is 1.78. The van der Waals surface area contributed by atoms with Crippen LogP contribution in [0.3, 0.4) is 0 Å². The van der Waals surface area contributed by atoms with Gasteiger partial charge >= 0.3 is 0 Å². The summed E-state index contributed by atoms with van der Waals surface area (Å²) >= 11 is 7.19. The molecule has 2 aromatic rings. The number of nitrogens with zero attached hydrogens (tertiary/aromatic N) is 1. The number of alkyl halides is 1. The molecule has 0 spiro atoms. The quantitative estimate of drug-likeness (QED) is 0.713. The van der Waals surface area contributed by atoms with E-state index in [-0.39, 0.29) is 5.82 Å². The molecule has 1 heterocycles. The van der Waals surface area contributed by atoms with Crippen LogP contribution in [-0.4, -0.2) is 4.98 Å². The van der Waals surface area contributed by atoms with Gasteiger partial charge in [0.2, 0.25) is 0 Å². The number of thiazole rings is 1. The molecule has 0 fully saturated rings. The summed E-state index contributed by atoms with van der Waals surface area (Å²) in [6.45, 7) is 0. The number of benzene rings is 1. The lowest BCUT2D eigenvalue weighted by Crippen LogP contribution is -1.76. The van der Waals surface area contributed by atoms with Crippen LogP contribution in [0.2, 0.25) is 0 Å². The highest BCUT2D eigenvalue weighted by atomic mass is 35.5. The molecule has 4 heteroatoms. The summed E-state index contributed by atoms with van der Waals surface area (Å²) in [5.74, 6) is 0.238. The van der Waals surface area contributed by atoms with Gasteiger partial charge in [0.1, 0.15) is 10.8 Å². The van der Waals surface area contributed by atoms with Crippen LogP contribution in [-0.2, 0) is 5.88 Å². The van der Waals surface area contributed by atoms with E-state index >= 15 is 0 Å². The maximum absolute atomic E-state index is 12.6. The molecule has 14 heavy (non-hydrogen) atoms. The lowest BCUT2D eigenvalue weighted by Gasteiger charge is -1.94. The zero-order chi connectivity index (χ0) is 9.97. The van der Waals surface area contributed by atoms with Crippen LogP contribution in [0.15, 0.2) is 30.5 Å². The molecule has 0 bridgehead atoms. The molecule has 0 saturated carbocycles. The molecule has 0 aliphatic rings. The summed E-state index contributed by atoms with van der Waals surface area (Å²) in [5.41, 5.74) is 0.924. The second kappa shape index (κ2) is 4.07. The van der Waals surface area contributed by atoms with Crippen molar-refractivity contribution in [2.75, 3.05) is 0 Å². The van der Waals surface area contributed by atoms with Crippen molar-refractivity contribution in [1.29, 1.82) is 0 Å². The standard InChI is InChI=1S/C10H7ClFNS/c11-5-9-6-13-10(14-9)7-1-3-8(12)4-2-7/h1-4,6H,5H2. The molecule has 0 saturated heterocycles. The van der Waals surface area contributed by atoms with E-state index in [1.807, 2.05) is 0 Å². The number of aromatic nitrogens is 1. The Bertz CT molecular complexity index is 424. The van der Waals surface area contributed by atoms with Crippen LogP contribution in [0.5, 0.6) is 0 Å². The van der Waals surface area contributed by atoms with E-state index in [0.717, 1.165) is 15.4 Å². The molecule has 0 aliphatic heterocycles. The number of rotatable bonds is 2. The summed E-state index contributed by atoms with van der Waals surface area (Å²) in [4.78, 5) is 5.22. The topological polar surface area (TPSA) is 12.9 Å². The summed E-state index contributed by atoms with van der Waals surface area (Å²) in [6, 6.07) is 6.28. The van der Waals surface area contributed by atoms with Crippen molar-refractivity contribution in [2.45, 2.75) is 5.88 Å². The molecule has 0 radical (unpaired) electrons. The monoisotopic (exact) mass is 227 g/mol. The maximum Gasteiger partial charge on any atom is 0.123 e. The molecule has 0 atom stereocenters. The molecular weight excluding hydrogens is 221 g/mol. The van der Waals surface area contributed by atoms with Crippen molar-refractivity contribution >= 4 is 22.9 Å². The van der Waals surface area contributed by atoms with E-state index < -0.39 is 0 Å². The fraction of sp³-hybridized carbons (Fsp3) is 0.100. The van der Waals surface area contributed by atoms with Crippen molar-refractivity contribution in [1.82, 2.24) is 4.98 Å². The van der Waals surface area contributed by atoms with Crippen LogP contribution < -0.4 is 0 Å². The molecule has 1 aromatic carbocycles. The largest absolute Gasteiger partial charge is 0.244 e. The molecule has 2 rings (SSSR count). The second-order valence-electron chi connectivity index (χ2n) is 2.77. The van der Waals surface area contributed by atoms with E-state index in [4.69, 9.17) is 11.6 Å². The minimum absolute atomic E-state index is 0.233. The minimum atomic E-state index is -0.233. The van der Waals surface area contributed by atoms with Crippen molar-refractivity contribution in [3.8, 4) is 10.6 Å². The summed E-state index contributed by atoms with van der Waals surface area (Å²) in [7, 11) is 0. The van der Waals surface area contributed by atoms with Crippen LogP contribution >= 0.6 is 22.9 Å². The van der Waals surface area contributed by atoms with Gasteiger partial charge in [-0.2, -0.15) is 0 Å². The first-order chi connectivity index (χ1) is 6.79. The Balaban J connectivity index is 2.34. The van der Waals surface area contributed by atoms with Gasteiger partial charge in [0.05, 0.1) is 5.88 Å². The van der Waals surface area contributed by atoms with Crippen LogP contribution in [0.1, 0.15) is 4.88 Å². The SMILES string of the molecule is Fc1ccc(-c2ncc(CCl)s2)cc1. The van der Waals surface area contributed by atoms with Gasteiger partial charge in [-0.3, -0.25) is 0 Å². The van der Waals surface area contributed by atoms with E-state index in [0.29, 0.717) is 5.88 Å². The van der Waals surface area contributed by atoms with E-state index in [1.54, 1.807) is 18.3 Å². The fourth-order valence-corrected chi connectivity index (χ4v) is 2.10. The lowest BCUT2D eigenvalue weighted by molar-refractivity contribution is 0.628. The minimum Gasteiger partial charge on any atom is -0.244 e. The average Bonchev–Trinajstić information content (AvgIpc) is 2.67. The predicted molar refractivity (Wildman–Crippen MR) is 57.1 cm³/mol. The number of hydrogen-bond acceptors (Lipinski definition) is 2. The first-order valence-electron chi connectivity index (χ1n) is 4.06. The Labute approximate surface area is 90.2 Å². The van der Waals surface area contributed by atoms with Crippen LogP contribution in [0, 0.1) is 5.82 Å². The summed E-state index contributed by atoms with van der Waals surface area (Å²) < 4.78 is 12.6. The van der Waals surface area contributed by atoms with Crippen molar-refractivity contribution in [3.63, 3.8) is 0 Å². The summed E-state index contributed by atoms with van der Waals surface area (Å²) in [6.07, 6.45) is 1.75. The molecule has 0 aliphatic carbocycles. The van der Waals surface area contributed by atoms with E-state index in [1.165, 1.54) is 23.5 Å². The molecule has 0 amide bonds. The molecule has 72 valence electrons. The van der Waals surface area contributed by atoms with Gasteiger partial charge in [0.25, 0.3) is 0 Å². The normalized spacial score (nSPS) is 10.4. The van der Waals surface area contributed by atoms with Gasteiger partial charge in [-0.05, 0) is 24.3 Å². The Kier molecular flexibility index (Phi) is 2.79. The van der Waals surface area contributed by atoms with Gasteiger partial charge < -0.3 is 0 Å². The average molecular weight is 228 g/mol. The maximum atomic E-state index is 12.6. The highest BCUT2D eigenvalue weighted by Crippen LogP contribution is 2.25. The molecule has 0 N–H and O–H groups in total. The van der Waals surface area contributed by atoms with Crippen LogP contribution in [0.4, 0.5) is 4.39 Å². The Morgan fingerprint density at radius 3 is 2.57 bits per heavy atom. The molecular formula is C10H7ClFNS. The zero-order valence-corrected chi connectivity index (χ0v) is 8.78. The number of hydrogen-bond donors (Lipinski definition) is 0. The van der Waals surface area contributed by atoms with Crippen molar-refractivity contribution in [2.24, 2.45) is 0 Å². The van der Waals surface area contributed by atoms with Gasteiger partial charge in [-0.15, -0.1) is 22.9 Å². The Morgan fingerprint density at radius 1 is 1.29 bits per heavy atom. The zero-order valence-electron chi connectivity index (χ0n) is 7.21. The number of halogens is 2. The third-order valence-corrected chi connectivity index (χ3v) is 3.27. The molecule has 1 aromatic heterocycles. The van der Waals surface area contributed by atoms with Gasteiger partial charge in [-0.25, -0.2) is 9.37 Å². The molecule has 1 nitrogen and oxygen atoms in total. The first kappa shape index (κ1) is 9.62. The van der Waals surface area contributed by atoms with Crippen LogP contribution in [0.25, 0.3) is 10.6 Å². The fourth-order valence-electron chi connectivity index (χ4n) is 1.10. The highest BCUT2D eigenvalue weighted by molar-refractivity contribution is 7.15. The second-order valence-corrected chi connectivity index (χ2v) is 4.15. The van der Waals surface area contributed by atoms with Gasteiger partial charge in [-0.1, -0.05) is 0 Å². The van der Waals surface area contributed by atoms with E-state index in [2.05, 4.69) is 4.98 Å². The lowest BCUT2D eigenvalue weighted by atomic mass is 10.2. The van der Waals surface area contributed by atoms with E-state index in [9.17, 15) is 4.39 Å². The van der Waals surface area contributed by atoms with Gasteiger partial charge in [0, 0.05) is 16.6 Å². The molecule has 0 unspecified atom stereocenters. The predicted octanol–water partition coefficient (Wildman–Crippen LogP) is 3.69. The Morgan fingerprint density at radius 2 is 2.00 bits per heavy atom. The third kappa shape index (κ3) is 1.94. The van der Waals surface area contributed by atoms with Crippen molar-refractivity contribution < 1.29 is 4.39 Å².